The first-order chi connectivity index (χ1) is 11.9. The van der Waals surface area contributed by atoms with Crippen LogP contribution in [0.2, 0.25) is 0 Å². The van der Waals surface area contributed by atoms with Crippen LogP contribution in [0, 0.1) is 0 Å². The number of aliphatic imine (C=N–C) groups is 1. The minimum Gasteiger partial charge on any atom is -0.355 e. The molecule has 0 aliphatic heterocycles. The van der Waals surface area contributed by atoms with E-state index in [9.17, 15) is 0 Å². The lowest BCUT2D eigenvalue weighted by Gasteiger charge is -2.24. The van der Waals surface area contributed by atoms with E-state index in [-0.39, 0.29) is 5.54 Å². The average Bonchev–Trinajstić information content (AvgIpc) is 3.00. The molecule has 7 heteroatoms. The third-order valence-corrected chi connectivity index (χ3v) is 4.01. The van der Waals surface area contributed by atoms with Gasteiger partial charge in [-0.3, -0.25) is 0 Å². The molecule has 0 spiro atoms. The van der Waals surface area contributed by atoms with Gasteiger partial charge >= 0.3 is 0 Å². The highest BCUT2D eigenvalue weighted by molar-refractivity contribution is 9.10. The topological polar surface area (TPSA) is 67.1 Å². The Kier molecular flexibility index (Phi) is 6.99. The zero-order chi connectivity index (χ0) is 18.3. The number of rotatable bonds is 6. The van der Waals surface area contributed by atoms with Crippen LogP contribution in [0.25, 0.3) is 0 Å². The van der Waals surface area contributed by atoms with Crippen molar-refractivity contribution in [2.24, 2.45) is 4.99 Å². The fourth-order valence-corrected chi connectivity index (χ4v) is 2.55. The zero-order valence-electron chi connectivity index (χ0n) is 15.4. The van der Waals surface area contributed by atoms with Crippen molar-refractivity contribution < 1.29 is 0 Å². The highest BCUT2D eigenvalue weighted by Crippen LogP contribution is 2.11. The largest absolute Gasteiger partial charge is 0.355 e. The molecule has 2 rings (SSSR count). The summed E-state index contributed by atoms with van der Waals surface area (Å²) in [6.07, 6.45) is 2.65. The van der Waals surface area contributed by atoms with Crippen molar-refractivity contribution >= 4 is 21.9 Å². The molecule has 6 nitrogen and oxygen atoms in total. The normalized spacial score (nSPS) is 12.3. The van der Waals surface area contributed by atoms with E-state index in [4.69, 9.17) is 4.99 Å². The predicted molar refractivity (Wildman–Crippen MR) is 106 cm³/mol. The van der Waals surface area contributed by atoms with E-state index in [0.29, 0.717) is 6.54 Å². The molecule has 0 unspecified atom stereocenters. The lowest BCUT2D eigenvalue weighted by atomic mass is 10.1. The molecule has 0 aliphatic rings. The fourth-order valence-electron chi connectivity index (χ4n) is 2.29. The number of hydrogen-bond donors (Lipinski definition) is 2. The second-order valence-electron chi connectivity index (χ2n) is 6.89. The molecule has 2 aromatic rings. The molecule has 136 valence electrons. The van der Waals surface area contributed by atoms with Gasteiger partial charge in [-0.25, -0.2) is 4.99 Å². The van der Waals surface area contributed by atoms with Crippen molar-refractivity contribution in [1.82, 2.24) is 25.4 Å². The van der Waals surface area contributed by atoms with E-state index in [2.05, 4.69) is 81.2 Å². The zero-order valence-corrected chi connectivity index (χ0v) is 17.0. The summed E-state index contributed by atoms with van der Waals surface area (Å²) in [6, 6.07) is 8.22. The van der Waals surface area contributed by atoms with E-state index in [1.54, 1.807) is 6.33 Å². The highest BCUT2D eigenvalue weighted by atomic mass is 79.9. The number of guanidine groups is 1. The van der Waals surface area contributed by atoms with E-state index in [0.717, 1.165) is 35.8 Å². The maximum atomic E-state index is 4.71. The van der Waals surface area contributed by atoms with Crippen LogP contribution in [0.5, 0.6) is 0 Å². The molecule has 1 aromatic heterocycles. The van der Waals surface area contributed by atoms with E-state index in [1.165, 1.54) is 5.56 Å². The predicted octanol–water partition coefficient (Wildman–Crippen LogP) is 3.14. The number of aromatic nitrogens is 3. The van der Waals surface area contributed by atoms with Crippen LogP contribution in [0.1, 0.15) is 39.1 Å². The first-order valence-corrected chi connectivity index (χ1v) is 9.34. The first-order valence-electron chi connectivity index (χ1n) is 8.55. The quantitative estimate of drug-likeness (QED) is 0.571. The lowest BCUT2D eigenvalue weighted by Crippen LogP contribution is -2.48. The van der Waals surface area contributed by atoms with Gasteiger partial charge in [0, 0.05) is 29.5 Å². The van der Waals surface area contributed by atoms with Gasteiger partial charge in [0.25, 0.3) is 0 Å². The Balaban J connectivity index is 1.97. The Morgan fingerprint density at radius 3 is 2.60 bits per heavy atom. The third kappa shape index (κ3) is 6.86. The van der Waals surface area contributed by atoms with Crippen molar-refractivity contribution in [3.05, 3.63) is 46.5 Å². The van der Waals surface area contributed by atoms with Crippen LogP contribution in [-0.4, -0.2) is 32.8 Å². The Bertz CT molecular complexity index is 684. The van der Waals surface area contributed by atoms with E-state index >= 15 is 0 Å². The summed E-state index contributed by atoms with van der Waals surface area (Å²) < 4.78 is 3.14. The van der Waals surface area contributed by atoms with Crippen LogP contribution in [-0.2, 0) is 19.5 Å². The summed E-state index contributed by atoms with van der Waals surface area (Å²) in [5, 5.41) is 14.9. The number of halogens is 1. The van der Waals surface area contributed by atoms with Gasteiger partial charge in [0.05, 0.1) is 6.54 Å². The number of nitrogens with one attached hydrogen (secondary N) is 2. The number of nitrogens with zero attached hydrogens (tertiary/aromatic N) is 4. The van der Waals surface area contributed by atoms with Gasteiger partial charge in [0.2, 0.25) is 0 Å². The van der Waals surface area contributed by atoms with Crippen LogP contribution in [0.4, 0.5) is 0 Å². The van der Waals surface area contributed by atoms with Crippen LogP contribution >= 0.6 is 15.9 Å². The second kappa shape index (κ2) is 8.99. The van der Waals surface area contributed by atoms with Gasteiger partial charge in [0.15, 0.2) is 5.96 Å². The van der Waals surface area contributed by atoms with Gasteiger partial charge in [-0.05, 0) is 38.5 Å². The molecule has 0 aliphatic carbocycles. The van der Waals surface area contributed by atoms with Crippen molar-refractivity contribution in [3.63, 3.8) is 0 Å². The number of hydrogen-bond acceptors (Lipinski definition) is 3. The standard InChI is InChI=1S/C18H27BrN6/c1-5-16-24-22-13-25(16)11-10-20-17(23-18(2,3)4)21-12-14-6-8-15(19)9-7-14/h6-9,13H,5,10-12H2,1-4H3,(H2,20,21,23). The smallest absolute Gasteiger partial charge is 0.192 e. The highest BCUT2D eigenvalue weighted by Gasteiger charge is 2.12. The van der Waals surface area contributed by atoms with Crippen molar-refractivity contribution in [1.29, 1.82) is 0 Å². The van der Waals surface area contributed by atoms with Gasteiger partial charge in [-0.1, -0.05) is 35.0 Å². The van der Waals surface area contributed by atoms with Gasteiger partial charge < -0.3 is 15.2 Å². The number of benzene rings is 1. The minimum absolute atomic E-state index is 0.0588. The summed E-state index contributed by atoms with van der Waals surface area (Å²) in [7, 11) is 0. The van der Waals surface area contributed by atoms with E-state index < -0.39 is 0 Å². The Hall–Kier alpha value is -1.89. The summed E-state index contributed by atoms with van der Waals surface area (Å²) in [6.45, 7) is 10.6. The lowest BCUT2D eigenvalue weighted by molar-refractivity contribution is 0.497. The molecule has 0 fully saturated rings. The molecule has 1 heterocycles. The summed E-state index contributed by atoms with van der Waals surface area (Å²) in [4.78, 5) is 4.71. The molecule has 0 radical (unpaired) electrons. The summed E-state index contributed by atoms with van der Waals surface area (Å²) in [5.41, 5.74) is 1.11. The molecule has 0 atom stereocenters. The van der Waals surface area contributed by atoms with Gasteiger partial charge in [0.1, 0.15) is 12.2 Å². The molecule has 25 heavy (non-hydrogen) atoms. The van der Waals surface area contributed by atoms with Crippen LogP contribution in [0.15, 0.2) is 40.1 Å². The maximum absolute atomic E-state index is 4.71. The minimum atomic E-state index is -0.0588. The molecule has 0 bridgehead atoms. The SMILES string of the molecule is CCc1nncn1CCNC(=NCc1ccc(Br)cc1)NC(C)(C)C. The Labute approximate surface area is 158 Å². The molecular weight excluding hydrogens is 380 g/mol. The molecule has 0 saturated carbocycles. The summed E-state index contributed by atoms with van der Waals surface area (Å²) >= 11 is 3.46. The van der Waals surface area contributed by atoms with Crippen molar-refractivity contribution in [2.75, 3.05) is 6.54 Å². The van der Waals surface area contributed by atoms with Crippen LogP contribution < -0.4 is 10.6 Å². The number of aryl methyl sites for hydroxylation is 1. The monoisotopic (exact) mass is 406 g/mol. The fraction of sp³-hybridized carbons (Fsp3) is 0.500. The summed E-state index contributed by atoms with van der Waals surface area (Å²) in [5.74, 6) is 1.81. The van der Waals surface area contributed by atoms with E-state index in [1.807, 2.05) is 12.1 Å². The maximum Gasteiger partial charge on any atom is 0.192 e. The molecule has 2 N–H and O–H groups in total. The van der Waals surface area contributed by atoms with Crippen molar-refractivity contribution in [3.8, 4) is 0 Å². The van der Waals surface area contributed by atoms with Crippen molar-refractivity contribution in [2.45, 2.75) is 52.7 Å². The second-order valence-corrected chi connectivity index (χ2v) is 7.80. The Morgan fingerprint density at radius 1 is 1.24 bits per heavy atom. The molecule has 0 amide bonds. The first kappa shape index (κ1) is 19.4. The Morgan fingerprint density at radius 2 is 1.96 bits per heavy atom. The third-order valence-electron chi connectivity index (χ3n) is 3.48. The average molecular weight is 407 g/mol. The van der Waals surface area contributed by atoms with Gasteiger partial charge in [-0.2, -0.15) is 0 Å². The van der Waals surface area contributed by atoms with Crippen LogP contribution in [0.3, 0.4) is 0 Å². The molecule has 1 aromatic carbocycles. The molecular formula is C18H27BrN6. The molecule has 0 saturated heterocycles. The van der Waals surface area contributed by atoms with Gasteiger partial charge in [-0.15, -0.1) is 10.2 Å².